The number of hydrogen-bond acceptors (Lipinski definition) is 4. The Morgan fingerprint density at radius 1 is 1.27 bits per heavy atom. The van der Waals surface area contributed by atoms with E-state index in [9.17, 15) is 9.59 Å². The van der Waals surface area contributed by atoms with E-state index in [1.54, 1.807) is 12.1 Å². The summed E-state index contributed by atoms with van der Waals surface area (Å²) >= 11 is 0. The molecular formula is C15H18N4O3. The van der Waals surface area contributed by atoms with Crippen LogP contribution in [0.1, 0.15) is 41.4 Å². The van der Waals surface area contributed by atoms with Crippen molar-refractivity contribution in [1.29, 1.82) is 0 Å². The van der Waals surface area contributed by atoms with Gasteiger partial charge in [0.25, 0.3) is 5.91 Å². The molecule has 7 heteroatoms. The van der Waals surface area contributed by atoms with Crippen molar-refractivity contribution in [1.82, 2.24) is 20.3 Å². The van der Waals surface area contributed by atoms with Crippen LogP contribution in [-0.2, 0) is 17.9 Å². The van der Waals surface area contributed by atoms with Crippen LogP contribution in [0.25, 0.3) is 0 Å². The summed E-state index contributed by atoms with van der Waals surface area (Å²) in [5.41, 5.74) is 2.25. The minimum atomic E-state index is -0.995. The molecule has 7 nitrogen and oxygen atoms in total. The van der Waals surface area contributed by atoms with Gasteiger partial charge in [0.15, 0.2) is 0 Å². The van der Waals surface area contributed by atoms with Crippen molar-refractivity contribution in [3.8, 4) is 0 Å². The summed E-state index contributed by atoms with van der Waals surface area (Å²) in [6, 6.07) is 7.43. The first-order valence-corrected chi connectivity index (χ1v) is 6.94. The SMILES string of the molecule is CC(C)c1ccc(C(=O)NCc2cn(CC(=O)O)nn2)cc1. The number of benzene rings is 1. The lowest BCUT2D eigenvalue weighted by molar-refractivity contribution is -0.137. The van der Waals surface area contributed by atoms with Gasteiger partial charge in [0.2, 0.25) is 0 Å². The first-order valence-electron chi connectivity index (χ1n) is 6.94. The number of aromatic nitrogens is 3. The molecule has 2 N–H and O–H groups in total. The zero-order valence-corrected chi connectivity index (χ0v) is 12.5. The lowest BCUT2D eigenvalue weighted by Crippen LogP contribution is -2.23. The van der Waals surface area contributed by atoms with E-state index < -0.39 is 5.97 Å². The lowest BCUT2D eigenvalue weighted by atomic mass is 10.0. The van der Waals surface area contributed by atoms with Gasteiger partial charge in [-0.15, -0.1) is 5.10 Å². The molecule has 0 fully saturated rings. The quantitative estimate of drug-likeness (QED) is 0.841. The molecule has 1 aromatic carbocycles. The normalized spacial score (nSPS) is 10.7. The Balaban J connectivity index is 1.92. The third-order valence-corrected chi connectivity index (χ3v) is 3.15. The molecule has 0 aliphatic heterocycles. The highest BCUT2D eigenvalue weighted by molar-refractivity contribution is 5.94. The van der Waals surface area contributed by atoms with Gasteiger partial charge in [0.1, 0.15) is 12.2 Å². The van der Waals surface area contributed by atoms with Crippen molar-refractivity contribution < 1.29 is 14.7 Å². The van der Waals surface area contributed by atoms with Gasteiger partial charge in [-0.1, -0.05) is 31.2 Å². The molecule has 0 spiro atoms. The molecule has 1 aromatic heterocycles. The van der Waals surface area contributed by atoms with Crippen LogP contribution in [0.15, 0.2) is 30.5 Å². The molecule has 0 bridgehead atoms. The number of aliphatic carboxylic acids is 1. The summed E-state index contributed by atoms with van der Waals surface area (Å²) in [7, 11) is 0. The van der Waals surface area contributed by atoms with E-state index >= 15 is 0 Å². The Morgan fingerprint density at radius 2 is 1.95 bits per heavy atom. The second-order valence-corrected chi connectivity index (χ2v) is 5.26. The zero-order chi connectivity index (χ0) is 16.1. The molecule has 0 atom stereocenters. The first kappa shape index (κ1) is 15.7. The van der Waals surface area contributed by atoms with Crippen LogP contribution in [0.3, 0.4) is 0 Å². The van der Waals surface area contributed by atoms with E-state index in [1.165, 1.54) is 16.4 Å². The van der Waals surface area contributed by atoms with Gasteiger partial charge < -0.3 is 10.4 Å². The number of carboxylic acids is 1. The van der Waals surface area contributed by atoms with Crippen molar-refractivity contribution in [2.24, 2.45) is 0 Å². The number of nitrogens with one attached hydrogen (secondary N) is 1. The number of carboxylic acid groups (broad SMARTS) is 1. The second kappa shape index (κ2) is 6.84. The molecule has 22 heavy (non-hydrogen) atoms. The molecule has 1 heterocycles. The molecule has 2 rings (SSSR count). The van der Waals surface area contributed by atoms with E-state index in [4.69, 9.17) is 5.11 Å². The third-order valence-electron chi connectivity index (χ3n) is 3.15. The van der Waals surface area contributed by atoms with Crippen LogP contribution < -0.4 is 5.32 Å². The topological polar surface area (TPSA) is 97.1 Å². The van der Waals surface area contributed by atoms with E-state index in [0.29, 0.717) is 17.2 Å². The summed E-state index contributed by atoms with van der Waals surface area (Å²) in [6.45, 7) is 4.13. The minimum absolute atomic E-state index is 0.199. The predicted molar refractivity (Wildman–Crippen MR) is 79.4 cm³/mol. The maximum absolute atomic E-state index is 12.0. The maximum atomic E-state index is 12.0. The Morgan fingerprint density at radius 3 is 2.55 bits per heavy atom. The minimum Gasteiger partial charge on any atom is -0.480 e. The van der Waals surface area contributed by atoms with Gasteiger partial charge in [-0.25, -0.2) is 4.68 Å². The summed E-state index contributed by atoms with van der Waals surface area (Å²) in [6.07, 6.45) is 1.50. The molecule has 0 aliphatic rings. The predicted octanol–water partition coefficient (Wildman–Crippen LogP) is 1.42. The number of nitrogens with zero attached hydrogens (tertiary/aromatic N) is 3. The Bertz CT molecular complexity index is 662. The van der Waals surface area contributed by atoms with Crippen molar-refractivity contribution in [2.45, 2.75) is 32.9 Å². The van der Waals surface area contributed by atoms with Crippen molar-refractivity contribution in [3.63, 3.8) is 0 Å². The molecule has 0 saturated heterocycles. The largest absolute Gasteiger partial charge is 0.480 e. The number of carbonyl (C=O) groups is 2. The number of rotatable bonds is 6. The van der Waals surface area contributed by atoms with Gasteiger partial charge in [-0.2, -0.15) is 0 Å². The maximum Gasteiger partial charge on any atom is 0.325 e. The molecule has 0 aliphatic carbocycles. The van der Waals surface area contributed by atoms with Crippen LogP contribution in [-0.4, -0.2) is 32.0 Å². The van der Waals surface area contributed by atoms with Crippen LogP contribution >= 0.6 is 0 Å². The van der Waals surface area contributed by atoms with Gasteiger partial charge in [0, 0.05) is 5.56 Å². The van der Waals surface area contributed by atoms with Gasteiger partial charge in [-0.05, 0) is 23.6 Å². The number of hydrogen-bond donors (Lipinski definition) is 2. The van der Waals surface area contributed by atoms with Gasteiger partial charge in [-0.3, -0.25) is 9.59 Å². The zero-order valence-electron chi connectivity index (χ0n) is 12.5. The highest BCUT2D eigenvalue weighted by atomic mass is 16.4. The molecule has 0 radical (unpaired) electrons. The van der Waals surface area contributed by atoms with Crippen LogP contribution in [0.5, 0.6) is 0 Å². The summed E-state index contributed by atoms with van der Waals surface area (Å²) in [5.74, 6) is -0.782. The molecule has 0 unspecified atom stereocenters. The Kier molecular flexibility index (Phi) is 4.88. The van der Waals surface area contributed by atoms with E-state index in [-0.39, 0.29) is 19.0 Å². The second-order valence-electron chi connectivity index (χ2n) is 5.26. The van der Waals surface area contributed by atoms with Crippen molar-refractivity contribution >= 4 is 11.9 Å². The summed E-state index contributed by atoms with van der Waals surface area (Å²) in [4.78, 5) is 22.6. The highest BCUT2D eigenvalue weighted by Gasteiger charge is 2.08. The van der Waals surface area contributed by atoms with Crippen molar-refractivity contribution in [2.75, 3.05) is 0 Å². The molecule has 116 valence electrons. The van der Waals surface area contributed by atoms with Crippen LogP contribution in [0.2, 0.25) is 0 Å². The highest BCUT2D eigenvalue weighted by Crippen LogP contribution is 2.14. The molecule has 0 saturated carbocycles. The van der Waals surface area contributed by atoms with Gasteiger partial charge >= 0.3 is 5.97 Å². The summed E-state index contributed by atoms with van der Waals surface area (Å²) in [5, 5.41) is 18.9. The lowest BCUT2D eigenvalue weighted by Gasteiger charge is -2.07. The van der Waals surface area contributed by atoms with Crippen LogP contribution in [0, 0.1) is 0 Å². The van der Waals surface area contributed by atoms with Gasteiger partial charge in [0.05, 0.1) is 12.7 Å². The van der Waals surface area contributed by atoms with E-state index in [2.05, 4.69) is 29.5 Å². The Hall–Kier alpha value is -2.70. The molecule has 2 aromatic rings. The fourth-order valence-corrected chi connectivity index (χ4v) is 1.93. The monoisotopic (exact) mass is 302 g/mol. The molecular weight excluding hydrogens is 284 g/mol. The van der Waals surface area contributed by atoms with Crippen LogP contribution in [0.4, 0.5) is 0 Å². The molecule has 1 amide bonds. The van der Waals surface area contributed by atoms with Crippen molar-refractivity contribution in [3.05, 3.63) is 47.3 Å². The average molecular weight is 302 g/mol. The van der Waals surface area contributed by atoms with E-state index in [0.717, 1.165) is 0 Å². The number of carbonyl (C=O) groups excluding carboxylic acids is 1. The number of amides is 1. The fourth-order valence-electron chi connectivity index (χ4n) is 1.93. The summed E-state index contributed by atoms with van der Waals surface area (Å²) < 4.78 is 1.21. The Labute approximate surface area is 128 Å². The smallest absolute Gasteiger partial charge is 0.325 e. The standard InChI is InChI=1S/C15H18N4O3/c1-10(2)11-3-5-12(6-4-11)15(22)16-7-13-8-19(18-17-13)9-14(20)21/h3-6,8,10H,7,9H2,1-2H3,(H,16,22)(H,20,21). The first-order chi connectivity index (χ1) is 10.5. The third kappa shape index (κ3) is 4.15. The average Bonchev–Trinajstić information content (AvgIpc) is 2.91. The fraction of sp³-hybridized carbons (Fsp3) is 0.333. The van der Waals surface area contributed by atoms with E-state index in [1.807, 2.05) is 12.1 Å².